The van der Waals surface area contributed by atoms with Gasteiger partial charge in [-0.25, -0.2) is 0 Å². The molecule has 1 atom stereocenters. The maximum atomic E-state index is 2.58. The first kappa shape index (κ1) is 17.1. The Bertz CT molecular complexity index is 330. The van der Waals surface area contributed by atoms with Crippen LogP contribution in [-0.4, -0.2) is 0 Å². The second kappa shape index (κ2) is 4.50. The lowest BCUT2D eigenvalue weighted by molar-refractivity contribution is -0.107. The topological polar surface area (TPSA) is 0 Å². The molecule has 0 heterocycles. The third kappa shape index (κ3) is 2.09. The van der Waals surface area contributed by atoms with Crippen LogP contribution in [-0.2, 0) is 0 Å². The van der Waals surface area contributed by atoms with Crippen LogP contribution in [0.15, 0.2) is 0 Å². The normalized spacial score (nSPS) is 32.5. The Kier molecular flexibility index (Phi) is 4.04. The second-order valence-corrected chi connectivity index (χ2v) is 9.68. The Labute approximate surface area is 122 Å². The fourth-order valence-corrected chi connectivity index (χ4v) is 5.66. The lowest BCUT2D eigenvalue weighted by atomic mass is 9.45. The molecule has 0 aliphatic heterocycles. The number of unbranched alkanes of at least 4 members (excludes halogenated alkanes) is 1. The van der Waals surface area contributed by atoms with Crippen molar-refractivity contribution in [2.75, 3.05) is 0 Å². The fraction of sp³-hybridized carbons (Fsp3) is 1.00. The van der Waals surface area contributed by atoms with Gasteiger partial charge in [-0.2, -0.15) is 0 Å². The number of hydrogen-bond acceptors (Lipinski definition) is 0. The van der Waals surface area contributed by atoms with Crippen LogP contribution in [0.4, 0.5) is 0 Å². The summed E-state index contributed by atoms with van der Waals surface area (Å²) in [4.78, 5) is 0. The zero-order valence-corrected chi connectivity index (χ0v) is 15.3. The van der Waals surface area contributed by atoms with Crippen molar-refractivity contribution in [1.82, 2.24) is 0 Å². The summed E-state index contributed by atoms with van der Waals surface area (Å²) < 4.78 is 0. The van der Waals surface area contributed by atoms with Gasteiger partial charge in [0.15, 0.2) is 0 Å². The van der Waals surface area contributed by atoms with Crippen LogP contribution < -0.4 is 0 Å². The van der Waals surface area contributed by atoms with E-state index in [0.717, 1.165) is 0 Å². The minimum atomic E-state index is 0.362. The predicted molar refractivity (Wildman–Crippen MR) is 87.4 cm³/mol. The third-order valence-electron chi connectivity index (χ3n) is 7.69. The maximum Gasteiger partial charge on any atom is -0.0167 e. The molecule has 0 aromatic carbocycles. The summed E-state index contributed by atoms with van der Waals surface area (Å²) in [7, 11) is 0. The van der Waals surface area contributed by atoms with Crippen molar-refractivity contribution in [3.05, 3.63) is 0 Å². The van der Waals surface area contributed by atoms with Gasteiger partial charge >= 0.3 is 0 Å². The van der Waals surface area contributed by atoms with Gasteiger partial charge in [-0.1, -0.05) is 82.1 Å². The van der Waals surface area contributed by atoms with E-state index in [1.54, 1.807) is 0 Å². The molecule has 1 fully saturated rings. The molecule has 0 saturated heterocycles. The van der Waals surface area contributed by atoms with E-state index >= 15 is 0 Å². The molecule has 1 saturated carbocycles. The van der Waals surface area contributed by atoms with E-state index in [2.05, 4.69) is 69.2 Å². The van der Waals surface area contributed by atoms with Gasteiger partial charge in [0.2, 0.25) is 0 Å². The van der Waals surface area contributed by atoms with E-state index in [1.807, 2.05) is 0 Å². The first-order valence-electron chi connectivity index (χ1n) is 8.27. The Hall–Kier alpha value is 0. The van der Waals surface area contributed by atoms with Crippen LogP contribution in [0, 0.1) is 27.1 Å². The molecular formula is C19H38. The highest BCUT2D eigenvalue weighted by Crippen LogP contribution is 2.75. The first-order chi connectivity index (χ1) is 8.27. The Morgan fingerprint density at radius 3 is 1.63 bits per heavy atom. The van der Waals surface area contributed by atoms with Gasteiger partial charge in [-0.15, -0.1) is 0 Å². The lowest BCUT2D eigenvalue weighted by Gasteiger charge is -2.59. The summed E-state index contributed by atoms with van der Waals surface area (Å²) in [6.45, 7) is 25.0. The molecular weight excluding hydrogens is 228 g/mol. The van der Waals surface area contributed by atoms with Crippen molar-refractivity contribution < 1.29 is 0 Å². The summed E-state index contributed by atoms with van der Waals surface area (Å²) in [5.74, 6) is 0. The van der Waals surface area contributed by atoms with E-state index in [0.29, 0.717) is 27.1 Å². The molecule has 0 amide bonds. The summed E-state index contributed by atoms with van der Waals surface area (Å²) in [5.41, 5.74) is 1.93. The Balaban J connectivity index is 3.34. The maximum absolute atomic E-state index is 2.58. The van der Waals surface area contributed by atoms with Crippen molar-refractivity contribution in [3.8, 4) is 0 Å². The summed E-state index contributed by atoms with van der Waals surface area (Å²) >= 11 is 0. The van der Waals surface area contributed by atoms with E-state index in [9.17, 15) is 0 Å². The molecule has 0 bridgehead atoms. The van der Waals surface area contributed by atoms with E-state index < -0.39 is 0 Å². The molecule has 0 nitrogen and oxygen atoms in total. The minimum Gasteiger partial charge on any atom is -0.0654 e. The van der Waals surface area contributed by atoms with Gasteiger partial charge in [-0.05, 0) is 39.9 Å². The van der Waals surface area contributed by atoms with E-state index in [4.69, 9.17) is 0 Å². The second-order valence-electron chi connectivity index (χ2n) is 9.68. The molecule has 0 heteroatoms. The molecule has 0 radical (unpaired) electrons. The van der Waals surface area contributed by atoms with E-state index in [1.165, 1.54) is 25.7 Å². The van der Waals surface area contributed by atoms with E-state index in [-0.39, 0.29) is 0 Å². The molecule has 1 rings (SSSR count). The van der Waals surface area contributed by atoms with Crippen LogP contribution in [0.2, 0.25) is 0 Å². The highest BCUT2D eigenvalue weighted by molar-refractivity contribution is 5.17. The van der Waals surface area contributed by atoms with Crippen molar-refractivity contribution in [3.63, 3.8) is 0 Å². The molecule has 1 aliphatic rings. The van der Waals surface area contributed by atoms with Crippen molar-refractivity contribution >= 4 is 0 Å². The van der Waals surface area contributed by atoms with Gasteiger partial charge in [-0.3, -0.25) is 0 Å². The molecule has 0 N–H and O–H groups in total. The Morgan fingerprint density at radius 1 is 0.842 bits per heavy atom. The SMILES string of the molecule is CCCCC(C)(C)C1(C)C(C)(C)CC(C)(C)C1(C)C. The third-order valence-corrected chi connectivity index (χ3v) is 7.69. The van der Waals surface area contributed by atoms with Crippen LogP contribution in [0.5, 0.6) is 0 Å². The molecule has 0 aromatic rings. The zero-order valence-electron chi connectivity index (χ0n) is 15.3. The fourth-order valence-electron chi connectivity index (χ4n) is 5.66. The van der Waals surface area contributed by atoms with Crippen LogP contribution in [0.25, 0.3) is 0 Å². The average molecular weight is 267 g/mol. The first-order valence-corrected chi connectivity index (χ1v) is 8.27. The van der Waals surface area contributed by atoms with Gasteiger partial charge in [0, 0.05) is 0 Å². The number of rotatable bonds is 4. The molecule has 19 heavy (non-hydrogen) atoms. The van der Waals surface area contributed by atoms with Crippen molar-refractivity contribution in [2.24, 2.45) is 27.1 Å². The van der Waals surface area contributed by atoms with Gasteiger partial charge in [0.05, 0.1) is 0 Å². The highest BCUT2D eigenvalue weighted by atomic mass is 14.7. The van der Waals surface area contributed by atoms with Crippen molar-refractivity contribution in [2.45, 2.75) is 94.9 Å². The molecule has 1 aliphatic carbocycles. The molecule has 1 unspecified atom stereocenters. The monoisotopic (exact) mass is 266 g/mol. The van der Waals surface area contributed by atoms with Crippen molar-refractivity contribution in [1.29, 1.82) is 0 Å². The van der Waals surface area contributed by atoms with Crippen LogP contribution >= 0.6 is 0 Å². The zero-order chi connectivity index (χ0) is 15.3. The van der Waals surface area contributed by atoms with Crippen LogP contribution in [0.3, 0.4) is 0 Å². The molecule has 114 valence electrons. The highest BCUT2D eigenvalue weighted by Gasteiger charge is 2.68. The average Bonchev–Trinajstić information content (AvgIpc) is 2.31. The van der Waals surface area contributed by atoms with Gasteiger partial charge in [0.25, 0.3) is 0 Å². The predicted octanol–water partition coefficient (Wildman–Crippen LogP) is 6.69. The number of hydrogen-bond donors (Lipinski definition) is 0. The largest absolute Gasteiger partial charge is 0.0654 e. The van der Waals surface area contributed by atoms with Gasteiger partial charge < -0.3 is 0 Å². The summed E-state index contributed by atoms with van der Waals surface area (Å²) in [5, 5.41) is 0. The Morgan fingerprint density at radius 2 is 1.32 bits per heavy atom. The molecule has 0 spiro atoms. The summed E-state index contributed by atoms with van der Waals surface area (Å²) in [6.07, 6.45) is 5.35. The minimum absolute atomic E-state index is 0.362. The van der Waals surface area contributed by atoms with Crippen LogP contribution in [0.1, 0.15) is 94.9 Å². The standard InChI is InChI=1S/C19H38/c1-11-12-13-15(2,3)19(10)17(6,7)14-16(4,5)18(19,8)9/h11-14H2,1-10H3. The summed E-state index contributed by atoms with van der Waals surface area (Å²) in [6, 6.07) is 0. The quantitative estimate of drug-likeness (QED) is 0.531. The molecule has 0 aromatic heterocycles. The van der Waals surface area contributed by atoms with Gasteiger partial charge in [0.1, 0.15) is 0 Å². The lowest BCUT2D eigenvalue weighted by Crippen LogP contribution is -2.52. The smallest absolute Gasteiger partial charge is 0.0167 e.